The number of aromatic nitrogens is 5. The number of hydrogen-bond acceptors (Lipinski definition) is 6. The van der Waals surface area contributed by atoms with Crippen molar-refractivity contribution in [3.63, 3.8) is 0 Å². The van der Waals surface area contributed by atoms with Crippen LogP contribution in [0.3, 0.4) is 0 Å². The number of hydrogen-bond donors (Lipinski definition) is 0. The summed E-state index contributed by atoms with van der Waals surface area (Å²) in [5.74, 6) is 0.973. The Balaban J connectivity index is 1.15. The monoisotopic (exact) mass is 503 g/mol. The highest BCUT2D eigenvalue weighted by atomic mass is 16.2. The van der Waals surface area contributed by atoms with Crippen LogP contribution in [0.5, 0.6) is 0 Å². The molecule has 0 radical (unpaired) electrons. The zero-order valence-electron chi connectivity index (χ0n) is 21.1. The van der Waals surface area contributed by atoms with Gasteiger partial charge in [0.2, 0.25) is 5.91 Å². The van der Waals surface area contributed by atoms with Crippen molar-refractivity contribution in [2.75, 3.05) is 31.1 Å². The molecular weight excluding hydrogens is 474 g/mol. The molecule has 0 N–H and O–H groups in total. The fourth-order valence-corrected chi connectivity index (χ4v) is 5.14. The Kier molecular flexibility index (Phi) is 6.76. The van der Waals surface area contributed by atoms with E-state index < -0.39 is 0 Å². The molecule has 6 rings (SSSR count). The molecule has 1 saturated heterocycles. The molecule has 0 aliphatic carbocycles. The summed E-state index contributed by atoms with van der Waals surface area (Å²) in [7, 11) is 0. The van der Waals surface area contributed by atoms with E-state index in [1.807, 2.05) is 64.2 Å². The molecule has 0 unspecified atom stereocenters. The van der Waals surface area contributed by atoms with Gasteiger partial charge in [-0.25, -0.2) is 14.6 Å². The topological polar surface area (TPSA) is 80.0 Å². The lowest BCUT2D eigenvalue weighted by molar-refractivity contribution is -0.131. The van der Waals surface area contributed by atoms with E-state index in [1.165, 1.54) is 0 Å². The molecule has 3 aromatic carbocycles. The Hall–Kier alpha value is -4.59. The number of benzene rings is 3. The highest BCUT2D eigenvalue weighted by Crippen LogP contribution is 2.29. The molecule has 0 atom stereocenters. The molecular formula is C30H29N7O. The van der Waals surface area contributed by atoms with Crippen LogP contribution in [-0.4, -0.2) is 61.9 Å². The molecule has 8 heteroatoms. The van der Waals surface area contributed by atoms with Gasteiger partial charge in [0.1, 0.15) is 6.33 Å². The molecule has 190 valence electrons. The number of carbonyl (C=O) groups excluding carboxylic acids is 1. The maximum absolute atomic E-state index is 13.4. The van der Waals surface area contributed by atoms with Crippen LogP contribution in [0.4, 0.5) is 5.82 Å². The first-order chi connectivity index (χ1) is 18.8. The molecule has 1 fully saturated rings. The summed E-state index contributed by atoms with van der Waals surface area (Å²) in [5, 5.41) is 8.77. The van der Waals surface area contributed by atoms with Gasteiger partial charge in [-0.1, -0.05) is 96.2 Å². The van der Waals surface area contributed by atoms with E-state index in [0.29, 0.717) is 50.3 Å². The minimum absolute atomic E-state index is 0.0315. The summed E-state index contributed by atoms with van der Waals surface area (Å²) in [4.78, 5) is 26.6. The first-order valence-corrected chi connectivity index (χ1v) is 13.0. The van der Waals surface area contributed by atoms with Crippen LogP contribution in [0.1, 0.15) is 29.0 Å². The SMILES string of the molecule is O=C(CC(c1ccccc1)c1ccccc1)N1CCN(c2ncnc3c2nnn3Cc2ccccc2)CC1. The van der Waals surface area contributed by atoms with Crippen LogP contribution in [0.2, 0.25) is 0 Å². The molecule has 2 aromatic heterocycles. The van der Waals surface area contributed by atoms with Gasteiger partial charge in [0.15, 0.2) is 17.0 Å². The minimum Gasteiger partial charge on any atom is -0.351 e. The predicted molar refractivity (Wildman–Crippen MR) is 147 cm³/mol. The second-order valence-electron chi connectivity index (χ2n) is 9.55. The van der Waals surface area contributed by atoms with E-state index in [-0.39, 0.29) is 11.8 Å². The molecule has 3 heterocycles. The van der Waals surface area contributed by atoms with Crippen molar-refractivity contribution in [3.05, 3.63) is 114 Å². The summed E-state index contributed by atoms with van der Waals surface area (Å²) in [5.41, 5.74) is 4.86. The largest absolute Gasteiger partial charge is 0.351 e. The summed E-state index contributed by atoms with van der Waals surface area (Å²) in [6.45, 7) is 3.24. The van der Waals surface area contributed by atoms with Gasteiger partial charge in [0.25, 0.3) is 0 Å². The number of fused-ring (bicyclic) bond motifs is 1. The van der Waals surface area contributed by atoms with Gasteiger partial charge in [0.05, 0.1) is 6.54 Å². The maximum atomic E-state index is 13.4. The van der Waals surface area contributed by atoms with Crippen molar-refractivity contribution >= 4 is 22.9 Å². The number of carbonyl (C=O) groups is 1. The van der Waals surface area contributed by atoms with Gasteiger partial charge < -0.3 is 9.80 Å². The molecule has 38 heavy (non-hydrogen) atoms. The van der Waals surface area contributed by atoms with Crippen LogP contribution in [0.15, 0.2) is 97.3 Å². The summed E-state index contributed by atoms with van der Waals surface area (Å²) < 4.78 is 1.81. The Morgan fingerprint density at radius 3 is 2.00 bits per heavy atom. The van der Waals surface area contributed by atoms with Gasteiger partial charge in [-0.3, -0.25) is 4.79 Å². The normalized spacial score (nSPS) is 13.8. The third-order valence-corrected chi connectivity index (χ3v) is 7.17. The summed E-state index contributed by atoms with van der Waals surface area (Å²) >= 11 is 0. The van der Waals surface area contributed by atoms with E-state index in [1.54, 1.807) is 6.33 Å². The van der Waals surface area contributed by atoms with E-state index in [9.17, 15) is 4.79 Å². The first-order valence-electron chi connectivity index (χ1n) is 13.0. The third-order valence-electron chi connectivity index (χ3n) is 7.17. The summed E-state index contributed by atoms with van der Waals surface area (Å²) in [6, 6.07) is 30.7. The van der Waals surface area contributed by atoms with Crippen LogP contribution in [0, 0.1) is 0 Å². The Bertz CT molecular complexity index is 1460. The van der Waals surface area contributed by atoms with Crippen LogP contribution < -0.4 is 4.90 Å². The number of amides is 1. The van der Waals surface area contributed by atoms with Crippen LogP contribution >= 0.6 is 0 Å². The molecule has 8 nitrogen and oxygen atoms in total. The molecule has 0 spiro atoms. The van der Waals surface area contributed by atoms with Crippen LogP contribution in [-0.2, 0) is 11.3 Å². The molecule has 0 saturated carbocycles. The van der Waals surface area contributed by atoms with E-state index in [4.69, 9.17) is 0 Å². The molecule has 1 amide bonds. The van der Waals surface area contributed by atoms with Gasteiger partial charge in [0, 0.05) is 38.5 Å². The Labute approximate surface area is 221 Å². The lowest BCUT2D eigenvalue weighted by Gasteiger charge is -2.36. The average Bonchev–Trinajstić information content (AvgIpc) is 3.40. The zero-order valence-corrected chi connectivity index (χ0v) is 21.1. The van der Waals surface area contributed by atoms with Crippen molar-refractivity contribution < 1.29 is 4.79 Å². The Morgan fingerprint density at radius 1 is 0.763 bits per heavy atom. The number of piperazine rings is 1. The van der Waals surface area contributed by atoms with Crippen molar-refractivity contribution in [1.29, 1.82) is 0 Å². The lowest BCUT2D eigenvalue weighted by atomic mass is 9.88. The summed E-state index contributed by atoms with van der Waals surface area (Å²) in [6.07, 6.45) is 2.02. The predicted octanol–water partition coefficient (Wildman–Crippen LogP) is 4.14. The van der Waals surface area contributed by atoms with Crippen molar-refractivity contribution in [2.24, 2.45) is 0 Å². The van der Waals surface area contributed by atoms with Gasteiger partial charge >= 0.3 is 0 Å². The smallest absolute Gasteiger partial charge is 0.223 e. The maximum Gasteiger partial charge on any atom is 0.223 e. The fourth-order valence-electron chi connectivity index (χ4n) is 5.14. The highest BCUT2D eigenvalue weighted by molar-refractivity contribution is 5.83. The minimum atomic E-state index is 0.0315. The second kappa shape index (κ2) is 10.8. The quantitative estimate of drug-likeness (QED) is 0.332. The first kappa shape index (κ1) is 23.8. The number of anilines is 1. The third kappa shape index (κ3) is 4.98. The zero-order chi connectivity index (χ0) is 25.7. The Morgan fingerprint density at radius 2 is 1.37 bits per heavy atom. The second-order valence-corrected chi connectivity index (χ2v) is 9.55. The number of nitrogens with zero attached hydrogens (tertiary/aromatic N) is 7. The fraction of sp³-hybridized carbons (Fsp3) is 0.233. The highest BCUT2D eigenvalue weighted by Gasteiger charge is 2.27. The van der Waals surface area contributed by atoms with Crippen molar-refractivity contribution in [3.8, 4) is 0 Å². The molecule has 1 aliphatic heterocycles. The molecule has 5 aromatic rings. The average molecular weight is 504 g/mol. The molecule has 1 aliphatic rings. The van der Waals surface area contributed by atoms with Crippen LogP contribution in [0.25, 0.3) is 11.2 Å². The van der Waals surface area contributed by atoms with E-state index in [0.717, 1.165) is 22.5 Å². The number of rotatable bonds is 7. The van der Waals surface area contributed by atoms with E-state index >= 15 is 0 Å². The molecule has 0 bridgehead atoms. The van der Waals surface area contributed by atoms with Gasteiger partial charge in [-0.05, 0) is 16.7 Å². The van der Waals surface area contributed by atoms with Crippen molar-refractivity contribution in [1.82, 2.24) is 29.9 Å². The van der Waals surface area contributed by atoms with Gasteiger partial charge in [-0.2, -0.15) is 0 Å². The van der Waals surface area contributed by atoms with Gasteiger partial charge in [-0.15, -0.1) is 5.10 Å². The van der Waals surface area contributed by atoms with E-state index in [2.05, 4.69) is 61.6 Å². The van der Waals surface area contributed by atoms with Crippen molar-refractivity contribution in [2.45, 2.75) is 18.9 Å². The standard InChI is InChI=1S/C30H29N7O/c38-27(20-26(24-12-6-2-7-13-24)25-14-8-3-9-15-25)35-16-18-36(19-17-35)29-28-30(32-22-31-29)37(34-33-28)21-23-10-4-1-5-11-23/h1-15,22,26H,16-21H2. The lowest BCUT2D eigenvalue weighted by Crippen LogP contribution is -2.49.